The van der Waals surface area contributed by atoms with Crippen LogP contribution in [0.4, 0.5) is 4.79 Å². The number of methoxy groups -OCH3 is 1. The largest absolute Gasteiger partial charge is 0.480 e. The summed E-state index contributed by atoms with van der Waals surface area (Å²) in [6, 6.07) is -1.57. The van der Waals surface area contributed by atoms with Crippen molar-refractivity contribution in [3.8, 4) is 0 Å². The number of carbonyl (C=O) groups excluding carboxylic acids is 2. The zero-order valence-electron chi connectivity index (χ0n) is 10.2. The summed E-state index contributed by atoms with van der Waals surface area (Å²) in [4.78, 5) is 34.5. The van der Waals surface area contributed by atoms with E-state index in [1.165, 1.54) is 12.0 Å². The molecule has 0 aliphatic heterocycles. The maximum atomic E-state index is 11.4. The molecule has 17 heavy (non-hydrogen) atoms. The topological polar surface area (TPSA) is 95.9 Å². The second kappa shape index (κ2) is 7.48. The third-order valence-corrected chi connectivity index (χ3v) is 2.28. The Morgan fingerprint density at radius 2 is 2.00 bits per heavy atom. The lowest BCUT2D eigenvalue weighted by atomic mass is 10.1. The molecule has 0 bridgehead atoms. The molecular formula is C10H18N2O5. The van der Waals surface area contributed by atoms with Crippen molar-refractivity contribution in [3.05, 3.63) is 0 Å². The summed E-state index contributed by atoms with van der Waals surface area (Å²) in [5.41, 5.74) is 0. The molecule has 7 nitrogen and oxygen atoms in total. The van der Waals surface area contributed by atoms with Gasteiger partial charge in [0.1, 0.15) is 6.04 Å². The van der Waals surface area contributed by atoms with Crippen LogP contribution >= 0.6 is 0 Å². The first-order valence-electron chi connectivity index (χ1n) is 5.23. The van der Waals surface area contributed by atoms with E-state index in [0.29, 0.717) is 6.54 Å². The van der Waals surface area contributed by atoms with E-state index in [4.69, 9.17) is 5.11 Å². The summed E-state index contributed by atoms with van der Waals surface area (Å²) in [5, 5.41) is 11.2. The van der Waals surface area contributed by atoms with Crippen molar-refractivity contribution in [2.24, 2.45) is 0 Å². The van der Waals surface area contributed by atoms with Crippen LogP contribution in [0.1, 0.15) is 19.8 Å². The molecule has 2 amide bonds. The molecule has 0 aromatic carbocycles. The lowest BCUT2D eigenvalue weighted by Gasteiger charge is -2.19. The molecule has 0 heterocycles. The fourth-order valence-electron chi connectivity index (χ4n) is 1.02. The third-order valence-electron chi connectivity index (χ3n) is 2.28. The Morgan fingerprint density at radius 3 is 2.41 bits per heavy atom. The number of urea groups is 1. The van der Waals surface area contributed by atoms with Gasteiger partial charge >= 0.3 is 18.0 Å². The number of aliphatic carboxylic acids is 1. The molecule has 0 saturated carbocycles. The monoisotopic (exact) mass is 246 g/mol. The summed E-state index contributed by atoms with van der Waals surface area (Å²) < 4.78 is 4.40. The van der Waals surface area contributed by atoms with E-state index in [-0.39, 0.29) is 12.8 Å². The Hall–Kier alpha value is -1.79. The van der Waals surface area contributed by atoms with Crippen LogP contribution in [0, 0.1) is 0 Å². The lowest BCUT2D eigenvalue weighted by molar-refractivity contribution is -0.142. The van der Waals surface area contributed by atoms with E-state index in [9.17, 15) is 14.4 Å². The van der Waals surface area contributed by atoms with Crippen LogP contribution in [0.2, 0.25) is 0 Å². The zero-order valence-corrected chi connectivity index (χ0v) is 10.2. The number of carbonyl (C=O) groups is 3. The Labute approximate surface area is 99.7 Å². The fourth-order valence-corrected chi connectivity index (χ4v) is 1.02. The number of esters is 1. The van der Waals surface area contributed by atoms with Crippen LogP contribution in [-0.2, 0) is 14.3 Å². The predicted molar refractivity (Wildman–Crippen MR) is 59.5 cm³/mol. The van der Waals surface area contributed by atoms with Gasteiger partial charge in [-0.1, -0.05) is 0 Å². The van der Waals surface area contributed by atoms with E-state index >= 15 is 0 Å². The number of hydrogen-bond donors (Lipinski definition) is 2. The highest BCUT2D eigenvalue weighted by Gasteiger charge is 2.22. The number of carboxylic acid groups (broad SMARTS) is 1. The first kappa shape index (κ1) is 15.2. The SMILES string of the molecule is CCN(C)C(=O)N[C@@H](CCC(=O)OC)C(=O)O. The van der Waals surface area contributed by atoms with Crippen LogP contribution < -0.4 is 5.32 Å². The molecule has 2 N–H and O–H groups in total. The van der Waals surface area contributed by atoms with Gasteiger partial charge in [-0.3, -0.25) is 4.79 Å². The maximum absolute atomic E-state index is 11.4. The molecule has 0 spiro atoms. The van der Waals surface area contributed by atoms with E-state index in [1.54, 1.807) is 14.0 Å². The van der Waals surface area contributed by atoms with Gasteiger partial charge in [0.15, 0.2) is 0 Å². The second-order valence-corrected chi connectivity index (χ2v) is 3.47. The van der Waals surface area contributed by atoms with E-state index < -0.39 is 24.0 Å². The number of rotatable bonds is 6. The van der Waals surface area contributed by atoms with Crippen molar-refractivity contribution < 1.29 is 24.2 Å². The van der Waals surface area contributed by atoms with Crippen molar-refractivity contribution in [3.63, 3.8) is 0 Å². The highest BCUT2D eigenvalue weighted by Crippen LogP contribution is 2.00. The predicted octanol–water partition coefficient (Wildman–Crippen LogP) is 0.0541. The van der Waals surface area contributed by atoms with Gasteiger partial charge in [0.25, 0.3) is 0 Å². The second-order valence-electron chi connectivity index (χ2n) is 3.47. The van der Waals surface area contributed by atoms with Gasteiger partial charge in [-0.25, -0.2) is 9.59 Å². The van der Waals surface area contributed by atoms with E-state index in [1.807, 2.05) is 0 Å². The molecule has 0 radical (unpaired) electrons. The average Bonchev–Trinajstić information content (AvgIpc) is 2.31. The quantitative estimate of drug-likeness (QED) is 0.646. The van der Waals surface area contributed by atoms with Gasteiger partial charge in [0.2, 0.25) is 0 Å². The minimum Gasteiger partial charge on any atom is -0.480 e. The Balaban J connectivity index is 4.30. The smallest absolute Gasteiger partial charge is 0.326 e. The van der Waals surface area contributed by atoms with E-state index in [2.05, 4.69) is 10.1 Å². The highest BCUT2D eigenvalue weighted by atomic mass is 16.5. The van der Waals surface area contributed by atoms with Gasteiger partial charge in [0, 0.05) is 20.0 Å². The van der Waals surface area contributed by atoms with Crippen molar-refractivity contribution in [1.82, 2.24) is 10.2 Å². The van der Waals surface area contributed by atoms with Gasteiger partial charge in [-0.05, 0) is 13.3 Å². The summed E-state index contributed by atoms with van der Waals surface area (Å²) in [6.07, 6.45) is -0.0467. The summed E-state index contributed by atoms with van der Waals surface area (Å²) in [6.45, 7) is 2.24. The Morgan fingerprint density at radius 1 is 1.41 bits per heavy atom. The molecule has 0 saturated heterocycles. The summed E-state index contributed by atoms with van der Waals surface area (Å²) in [5.74, 6) is -1.68. The van der Waals surface area contributed by atoms with Crippen molar-refractivity contribution >= 4 is 18.0 Å². The molecule has 0 aromatic rings. The normalized spacial score (nSPS) is 11.5. The van der Waals surface area contributed by atoms with Gasteiger partial charge in [-0.2, -0.15) is 0 Å². The number of ether oxygens (including phenoxy) is 1. The fraction of sp³-hybridized carbons (Fsp3) is 0.700. The van der Waals surface area contributed by atoms with Gasteiger partial charge < -0.3 is 20.1 Å². The minimum absolute atomic E-state index is 0.00526. The highest BCUT2D eigenvalue weighted by molar-refractivity contribution is 5.83. The van der Waals surface area contributed by atoms with E-state index in [0.717, 1.165) is 0 Å². The van der Waals surface area contributed by atoms with Crippen LogP contribution in [-0.4, -0.2) is 54.7 Å². The lowest BCUT2D eigenvalue weighted by Crippen LogP contribution is -2.46. The van der Waals surface area contributed by atoms with Crippen LogP contribution in [0.5, 0.6) is 0 Å². The number of hydrogen-bond acceptors (Lipinski definition) is 4. The molecule has 0 fully saturated rings. The molecule has 0 rings (SSSR count). The first-order valence-corrected chi connectivity index (χ1v) is 5.23. The molecular weight excluding hydrogens is 228 g/mol. The Kier molecular flexibility index (Phi) is 6.69. The van der Waals surface area contributed by atoms with Crippen molar-refractivity contribution in [2.45, 2.75) is 25.8 Å². The number of nitrogens with one attached hydrogen (secondary N) is 1. The van der Waals surface area contributed by atoms with Crippen molar-refractivity contribution in [2.75, 3.05) is 20.7 Å². The molecule has 0 aromatic heterocycles. The van der Waals surface area contributed by atoms with Crippen LogP contribution in [0.25, 0.3) is 0 Å². The number of amides is 2. The summed E-state index contributed by atoms with van der Waals surface area (Å²) in [7, 11) is 2.77. The maximum Gasteiger partial charge on any atom is 0.326 e. The standard InChI is InChI=1S/C10H18N2O5/c1-4-12(2)10(16)11-7(9(14)15)5-6-8(13)17-3/h7H,4-6H2,1-3H3,(H,11,16)(H,14,15)/t7-/m0/s1. The first-order chi connectivity index (χ1) is 7.92. The zero-order chi connectivity index (χ0) is 13.4. The molecule has 7 heteroatoms. The van der Waals surface area contributed by atoms with Crippen LogP contribution in [0.15, 0.2) is 0 Å². The Bertz CT molecular complexity index is 292. The third kappa shape index (κ3) is 5.74. The van der Waals surface area contributed by atoms with Crippen molar-refractivity contribution in [1.29, 1.82) is 0 Å². The number of nitrogens with zero attached hydrogens (tertiary/aromatic N) is 1. The molecule has 0 aliphatic rings. The summed E-state index contributed by atoms with van der Waals surface area (Å²) >= 11 is 0. The van der Waals surface area contributed by atoms with Crippen LogP contribution in [0.3, 0.4) is 0 Å². The molecule has 0 aliphatic carbocycles. The molecule has 98 valence electrons. The number of carboxylic acids is 1. The van der Waals surface area contributed by atoms with Gasteiger partial charge in [-0.15, -0.1) is 0 Å². The van der Waals surface area contributed by atoms with Gasteiger partial charge in [0.05, 0.1) is 7.11 Å². The average molecular weight is 246 g/mol. The molecule has 0 unspecified atom stereocenters. The minimum atomic E-state index is -1.17. The molecule has 1 atom stereocenters.